The topological polar surface area (TPSA) is 130 Å². The van der Waals surface area contributed by atoms with Crippen LogP contribution in [0.15, 0.2) is 27.6 Å². The highest BCUT2D eigenvalue weighted by Crippen LogP contribution is 2.26. The summed E-state index contributed by atoms with van der Waals surface area (Å²) in [6.07, 6.45) is 0. The fourth-order valence-corrected chi connectivity index (χ4v) is 2.98. The van der Waals surface area contributed by atoms with Gasteiger partial charge in [-0.25, -0.2) is 13.2 Å². The second-order valence-electron chi connectivity index (χ2n) is 4.37. The summed E-state index contributed by atoms with van der Waals surface area (Å²) in [6.45, 7) is 3.03. The summed E-state index contributed by atoms with van der Waals surface area (Å²) in [5.74, 6) is -1.53. The SMILES string of the molecule is Cc1cc(NS(=O)(=O)c2cc(C(=O)O)c(O)cc2C)no1. The Bertz CT molecular complexity index is 809. The van der Waals surface area contributed by atoms with Crippen molar-refractivity contribution in [2.75, 3.05) is 4.72 Å². The number of carboxylic acid groups (broad SMARTS) is 1. The van der Waals surface area contributed by atoms with Crippen LogP contribution in [0.2, 0.25) is 0 Å². The lowest BCUT2D eigenvalue weighted by Gasteiger charge is -2.10. The van der Waals surface area contributed by atoms with E-state index in [0.717, 1.165) is 12.1 Å². The highest BCUT2D eigenvalue weighted by atomic mass is 32.2. The van der Waals surface area contributed by atoms with Crippen molar-refractivity contribution in [1.82, 2.24) is 5.16 Å². The van der Waals surface area contributed by atoms with Crippen molar-refractivity contribution in [2.24, 2.45) is 0 Å². The maximum atomic E-state index is 12.3. The van der Waals surface area contributed by atoms with Gasteiger partial charge in [0.25, 0.3) is 10.0 Å². The quantitative estimate of drug-likeness (QED) is 0.779. The van der Waals surface area contributed by atoms with Crippen LogP contribution in [0.3, 0.4) is 0 Å². The number of aromatic carboxylic acids is 1. The van der Waals surface area contributed by atoms with Gasteiger partial charge in [0.15, 0.2) is 5.82 Å². The number of hydrogen-bond donors (Lipinski definition) is 3. The molecule has 21 heavy (non-hydrogen) atoms. The maximum Gasteiger partial charge on any atom is 0.339 e. The molecule has 0 bridgehead atoms. The first-order valence-corrected chi connectivity index (χ1v) is 7.22. The minimum absolute atomic E-state index is 0.0168. The zero-order chi connectivity index (χ0) is 15.8. The molecule has 3 N–H and O–H groups in total. The predicted octanol–water partition coefficient (Wildman–Crippen LogP) is 1.50. The maximum absolute atomic E-state index is 12.3. The first kappa shape index (κ1) is 14.9. The third-order valence-electron chi connectivity index (χ3n) is 2.68. The number of carbonyl (C=O) groups is 1. The normalized spacial score (nSPS) is 11.3. The Labute approximate surface area is 120 Å². The number of rotatable bonds is 4. The van der Waals surface area contributed by atoms with Gasteiger partial charge >= 0.3 is 5.97 Å². The molecule has 0 aliphatic carbocycles. The number of aryl methyl sites for hydroxylation is 2. The van der Waals surface area contributed by atoms with Gasteiger partial charge < -0.3 is 14.7 Å². The van der Waals surface area contributed by atoms with E-state index in [2.05, 4.69) is 9.88 Å². The lowest BCUT2D eigenvalue weighted by Crippen LogP contribution is -2.15. The monoisotopic (exact) mass is 312 g/mol. The Morgan fingerprint density at radius 2 is 1.95 bits per heavy atom. The predicted molar refractivity (Wildman–Crippen MR) is 71.9 cm³/mol. The van der Waals surface area contributed by atoms with E-state index in [-0.39, 0.29) is 16.3 Å². The summed E-state index contributed by atoms with van der Waals surface area (Å²) in [5, 5.41) is 22.0. The average molecular weight is 312 g/mol. The van der Waals surface area contributed by atoms with Crippen molar-refractivity contribution in [3.8, 4) is 5.75 Å². The van der Waals surface area contributed by atoms with Gasteiger partial charge in [0.1, 0.15) is 17.1 Å². The third kappa shape index (κ3) is 2.97. The molecule has 0 unspecified atom stereocenters. The average Bonchev–Trinajstić information content (AvgIpc) is 2.72. The Hall–Kier alpha value is -2.55. The Morgan fingerprint density at radius 3 is 2.48 bits per heavy atom. The van der Waals surface area contributed by atoms with E-state index in [4.69, 9.17) is 9.63 Å². The van der Waals surface area contributed by atoms with Gasteiger partial charge in [-0.05, 0) is 31.5 Å². The standard InChI is InChI=1S/C12H12N2O6S/c1-6-3-9(15)8(12(16)17)5-10(6)21(18,19)14-11-4-7(2)20-13-11/h3-5,15H,1-2H3,(H,13,14)(H,16,17). The minimum Gasteiger partial charge on any atom is -0.507 e. The molecule has 1 aromatic carbocycles. The molecular weight excluding hydrogens is 300 g/mol. The number of anilines is 1. The summed E-state index contributed by atoms with van der Waals surface area (Å²) in [5.41, 5.74) is -0.303. The molecule has 1 heterocycles. The van der Waals surface area contributed by atoms with Crippen LogP contribution in [0, 0.1) is 13.8 Å². The molecule has 112 valence electrons. The highest BCUT2D eigenvalue weighted by molar-refractivity contribution is 7.92. The highest BCUT2D eigenvalue weighted by Gasteiger charge is 2.22. The molecule has 0 aliphatic rings. The van der Waals surface area contributed by atoms with E-state index in [1.54, 1.807) is 6.92 Å². The first-order valence-electron chi connectivity index (χ1n) is 5.74. The van der Waals surface area contributed by atoms with E-state index in [1.807, 2.05) is 0 Å². The number of nitrogens with one attached hydrogen (secondary N) is 1. The number of nitrogens with zero attached hydrogens (tertiary/aromatic N) is 1. The molecule has 0 aliphatic heterocycles. The number of phenols is 1. The molecule has 2 aromatic rings. The van der Waals surface area contributed by atoms with Gasteiger partial charge in [-0.2, -0.15) is 0 Å². The molecule has 0 amide bonds. The zero-order valence-corrected chi connectivity index (χ0v) is 11.9. The lowest BCUT2D eigenvalue weighted by atomic mass is 10.1. The molecule has 0 spiro atoms. The molecule has 8 nitrogen and oxygen atoms in total. The Balaban J connectivity index is 2.49. The summed E-state index contributed by atoms with van der Waals surface area (Å²) >= 11 is 0. The van der Waals surface area contributed by atoms with Gasteiger partial charge in [0, 0.05) is 6.07 Å². The van der Waals surface area contributed by atoms with E-state index in [9.17, 15) is 18.3 Å². The second-order valence-corrected chi connectivity index (χ2v) is 6.02. The van der Waals surface area contributed by atoms with Crippen LogP contribution >= 0.6 is 0 Å². The molecular formula is C12H12N2O6S. The lowest BCUT2D eigenvalue weighted by molar-refractivity contribution is 0.0693. The van der Waals surface area contributed by atoms with Crippen molar-refractivity contribution >= 4 is 21.8 Å². The zero-order valence-electron chi connectivity index (χ0n) is 11.1. The van der Waals surface area contributed by atoms with Crippen molar-refractivity contribution in [2.45, 2.75) is 18.7 Å². The summed E-state index contributed by atoms with van der Waals surface area (Å²) < 4.78 is 31.4. The number of benzene rings is 1. The molecule has 9 heteroatoms. The van der Waals surface area contributed by atoms with Crippen LogP contribution in [0.25, 0.3) is 0 Å². The van der Waals surface area contributed by atoms with Gasteiger partial charge in [-0.15, -0.1) is 0 Å². The summed E-state index contributed by atoms with van der Waals surface area (Å²) in [6, 6.07) is 3.35. The molecule has 2 rings (SSSR count). The molecule has 1 aromatic heterocycles. The van der Waals surface area contributed by atoms with E-state index in [0.29, 0.717) is 5.76 Å². The minimum atomic E-state index is -4.05. The van der Waals surface area contributed by atoms with Gasteiger partial charge in [-0.3, -0.25) is 4.72 Å². The van der Waals surface area contributed by atoms with Gasteiger partial charge in [0.2, 0.25) is 0 Å². The molecule has 0 fully saturated rings. The van der Waals surface area contributed by atoms with Crippen molar-refractivity contribution in [3.63, 3.8) is 0 Å². The number of aromatic hydroxyl groups is 1. The van der Waals surface area contributed by atoms with E-state index >= 15 is 0 Å². The molecule has 0 saturated carbocycles. The number of sulfonamides is 1. The van der Waals surface area contributed by atoms with Crippen LogP contribution in [0.4, 0.5) is 5.82 Å². The Kier molecular flexibility index (Phi) is 3.60. The smallest absolute Gasteiger partial charge is 0.339 e. The fourth-order valence-electron chi connectivity index (χ4n) is 1.74. The summed E-state index contributed by atoms with van der Waals surface area (Å²) in [7, 11) is -4.05. The van der Waals surface area contributed by atoms with Crippen LogP contribution in [0.1, 0.15) is 21.7 Å². The van der Waals surface area contributed by atoms with E-state index < -0.39 is 27.3 Å². The number of hydrogen-bond acceptors (Lipinski definition) is 6. The largest absolute Gasteiger partial charge is 0.507 e. The van der Waals surface area contributed by atoms with Crippen LogP contribution in [-0.4, -0.2) is 29.8 Å². The van der Waals surface area contributed by atoms with Crippen molar-refractivity contribution in [3.05, 3.63) is 35.1 Å². The fraction of sp³-hybridized carbons (Fsp3) is 0.167. The molecule has 0 atom stereocenters. The first-order chi connectivity index (χ1) is 9.70. The van der Waals surface area contributed by atoms with Gasteiger partial charge in [0.05, 0.1) is 4.90 Å². The van der Waals surface area contributed by atoms with E-state index in [1.165, 1.54) is 13.0 Å². The van der Waals surface area contributed by atoms with Crippen molar-refractivity contribution < 1.29 is 27.9 Å². The molecule has 0 saturated heterocycles. The third-order valence-corrected chi connectivity index (χ3v) is 4.18. The second kappa shape index (κ2) is 5.09. The van der Waals surface area contributed by atoms with Crippen LogP contribution < -0.4 is 4.72 Å². The molecule has 0 radical (unpaired) electrons. The number of carboxylic acids is 1. The summed E-state index contributed by atoms with van der Waals surface area (Å²) in [4.78, 5) is 10.7. The Morgan fingerprint density at radius 1 is 1.29 bits per heavy atom. The van der Waals surface area contributed by atoms with Crippen molar-refractivity contribution in [1.29, 1.82) is 0 Å². The van der Waals surface area contributed by atoms with Crippen LogP contribution in [-0.2, 0) is 10.0 Å². The number of aromatic nitrogens is 1. The van der Waals surface area contributed by atoms with Crippen LogP contribution in [0.5, 0.6) is 5.75 Å². The van der Waals surface area contributed by atoms with Gasteiger partial charge in [-0.1, -0.05) is 5.16 Å².